The second kappa shape index (κ2) is 8.53. The van der Waals surface area contributed by atoms with Crippen LogP contribution in [0.5, 0.6) is 5.75 Å². The van der Waals surface area contributed by atoms with Crippen LogP contribution in [-0.4, -0.2) is 32.6 Å². The van der Waals surface area contributed by atoms with Gasteiger partial charge in [-0.3, -0.25) is 0 Å². The van der Waals surface area contributed by atoms with E-state index in [1.54, 1.807) is 13.8 Å². The number of rotatable bonds is 3. The first-order valence-electron chi connectivity index (χ1n) is 8.88. The third-order valence-corrected chi connectivity index (χ3v) is 5.16. The zero-order chi connectivity index (χ0) is 19.8. The highest BCUT2D eigenvalue weighted by Crippen LogP contribution is 2.42. The van der Waals surface area contributed by atoms with Crippen molar-refractivity contribution in [2.75, 3.05) is 5.32 Å². The lowest BCUT2D eigenvalue weighted by Crippen LogP contribution is -2.37. The van der Waals surface area contributed by atoms with E-state index in [0.29, 0.717) is 23.4 Å². The molecule has 0 aliphatic heterocycles. The normalized spacial score (nSPS) is 19.8. The highest BCUT2D eigenvalue weighted by molar-refractivity contribution is 5.85. The Labute approximate surface area is 167 Å². The van der Waals surface area contributed by atoms with E-state index in [4.69, 9.17) is 0 Å². The van der Waals surface area contributed by atoms with Crippen molar-refractivity contribution < 1.29 is 23.4 Å². The van der Waals surface area contributed by atoms with Crippen molar-refractivity contribution in [2.24, 2.45) is 0 Å². The molecule has 0 saturated heterocycles. The topological polar surface area (TPSA) is 78.3 Å². The number of aromatic hydroxyl groups is 1. The van der Waals surface area contributed by atoms with Crippen LogP contribution in [0, 0.1) is 13.8 Å². The number of hydrogen-bond donors (Lipinski definition) is 3. The monoisotopic (exact) mass is 417 g/mol. The molecule has 0 radical (unpaired) electrons. The smallest absolute Gasteiger partial charge is 0.417 e. The van der Waals surface area contributed by atoms with E-state index < -0.39 is 23.6 Å². The molecule has 1 heterocycles. The van der Waals surface area contributed by atoms with Gasteiger partial charge in [-0.2, -0.15) is 13.2 Å². The molecule has 28 heavy (non-hydrogen) atoms. The number of nitrogens with zero attached hydrogens (tertiary/aromatic N) is 2. The number of alkyl halides is 3. The number of anilines is 1. The van der Waals surface area contributed by atoms with Crippen molar-refractivity contribution in [2.45, 2.75) is 57.9 Å². The molecule has 1 aliphatic rings. The maximum Gasteiger partial charge on any atom is 0.417 e. The fourth-order valence-corrected chi connectivity index (χ4v) is 3.46. The van der Waals surface area contributed by atoms with Crippen LogP contribution >= 0.6 is 12.4 Å². The summed E-state index contributed by atoms with van der Waals surface area (Å²) in [6.45, 7) is 3.38. The fraction of sp³-hybridized carbons (Fsp3) is 0.474. The molecule has 2 atom stereocenters. The molecule has 3 rings (SSSR count). The Kier molecular flexibility index (Phi) is 6.77. The molecule has 0 bridgehead atoms. The van der Waals surface area contributed by atoms with Crippen molar-refractivity contribution in [3.05, 3.63) is 34.9 Å². The van der Waals surface area contributed by atoms with Gasteiger partial charge >= 0.3 is 6.18 Å². The minimum absolute atomic E-state index is 0. The van der Waals surface area contributed by atoms with Gasteiger partial charge in [0.25, 0.3) is 0 Å². The van der Waals surface area contributed by atoms with Crippen LogP contribution in [0.15, 0.2) is 18.2 Å². The maximum absolute atomic E-state index is 13.4. The zero-order valence-corrected chi connectivity index (χ0v) is 16.4. The lowest BCUT2D eigenvalue weighted by molar-refractivity contribution is -0.137. The fourth-order valence-electron chi connectivity index (χ4n) is 3.46. The van der Waals surface area contributed by atoms with Gasteiger partial charge < -0.3 is 15.5 Å². The molecule has 1 fully saturated rings. The molecule has 154 valence electrons. The van der Waals surface area contributed by atoms with Crippen LogP contribution in [0.1, 0.15) is 42.4 Å². The average Bonchev–Trinajstić information content (AvgIpc) is 2.60. The third kappa shape index (κ3) is 4.33. The molecule has 0 amide bonds. The molecule has 2 aromatic rings. The van der Waals surface area contributed by atoms with Gasteiger partial charge in [-0.1, -0.05) is 18.9 Å². The predicted molar refractivity (Wildman–Crippen MR) is 103 cm³/mol. The molecule has 1 aromatic carbocycles. The van der Waals surface area contributed by atoms with E-state index in [-0.39, 0.29) is 29.7 Å². The quantitative estimate of drug-likeness (QED) is 0.679. The number of benzene rings is 1. The summed E-state index contributed by atoms with van der Waals surface area (Å²) in [5, 5.41) is 31.4. The van der Waals surface area contributed by atoms with E-state index in [2.05, 4.69) is 15.5 Å². The van der Waals surface area contributed by atoms with E-state index in [1.165, 1.54) is 6.07 Å². The summed E-state index contributed by atoms with van der Waals surface area (Å²) < 4.78 is 40.1. The molecule has 1 aliphatic carbocycles. The van der Waals surface area contributed by atoms with E-state index >= 15 is 0 Å². The number of phenolic OH excluding ortho intramolecular Hbond substituents is 1. The standard InChI is InChI=1S/C19H22F3N3O2.ClH/c1-10-11(2)18(23-13-7-3-4-8-14(13)26)25-24-17(10)16-12(19(20,21)22)6-5-9-15(16)27;/h5-6,9,13-14,26-27H,3-4,7-8H2,1-2H3,(H,23,25);1H/t13-,14-;/m1./s1. The van der Waals surface area contributed by atoms with Gasteiger partial charge in [-0.05, 0) is 49.9 Å². The number of aromatic nitrogens is 2. The first kappa shape index (κ1) is 22.2. The summed E-state index contributed by atoms with van der Waals surface area (Å²) in [4.78, 5) is 0. The summed E-state index contributed by atoms with van der Waals surface area (Å²) in [6.07, 6.45) is -1.66. The lowest BCUT2D eigenvalue weighted by atomic mass is 9.92. The van der Waals surface area contributed by atoms with Crippen LogP contribution < -0.4 is 5.32 Å². The lowest BCUT2D eigenvalue weighted by Gasteiger charge is -2.29. The summed E-state index contributed by atoms with van der Waals surface area (Å²) >= 11 is 0. The molecular formula is C19H23ClF3N3O2. The molecule has 0 spiro atoms. The number of hydrogen-bond acceptors (Lipinski definition) is 5. The SMILES string of the molecule is Cc1c(N[C@@H]2CCCC[C@H]2O)nnc(-c2c(O)cccc2C(F)(F)F)c1C.Cl. The van der Waals surface area contributed by atoms with E-state index in [0.717, 1.165) is 31.4 Å². The second-order valence-electron chi connectivity index (χ2n) is 6.95. The molecule has 1 saturated carbocycles. The van der Waals surface area contributed by atoms with Gasteiger partial charge in [-0.25, -0.2) is 0 Å². The Morgan fingerprint density at radius 1 is 1.07 bits per heavy atom. The zero-order valence-electron chi connectivity index (χ0n) is 15.5. The number of aliphatic hydroxyl groups is 1. The third-order valence-electron chi connectivity index (χ3n) is 5.16. The highest BCUT2D eigenvalue weighted by atomic mass is 35.5. The highest BCUT2D eigenvalue weighted by Gasteiger charge is 2.36. The van der Waals surface area contributed by atoms with Crippen LogP contribution in [0.2, 0.25) is 0 Å². The Morgan fingerprint density at radius 2 is 1.75 bits per heavy atom. The molecule has 5 nitrogen and oxygen atoms in total. The Morgan fingerprint density at radius 3 is 2.39 bits per heavy atom. The second-order valence-corrected chi connectivity index (χ2v) is 6.95. The molecule has 1 aromatic heterocycles. The van der Waals surface area contributed by atoms with Gasteiger partial charge in [0.05, 0.1) is 23.3 Å². The first-order chi connectivity index (χ1) is 12.7. The number of nitrogens with one attached hydrogen (secondary N) is 1. The minimum atomic E-state index is -4.63. The van der Waals surface area contributed by atoms with Crippen LogP contribution in [0.25, 0.3) is 11.3 Å². The first-order valence-corrected chi connectivity index (χ1v) is 8.88. The summed E-state index contributed by atoms with van der Waals surface area (Å²) in [7, 11) is 0. The number of aliphatic hydroxyl groups excluding tert-OH is 1. The summed E-state index contributed by atoms with van der Waals surface area (Å²) in [5.41, 5.74) is -0.211. The minimum Gasteiger partial charge on any atom is -0.507 e. The van der Waals surface area contributed by atoms with Crippen LogP contribution in [0.4, 0.5) is 19.0 Å². The number of halogens is 4. The number of phenols is 1. The van der Waals surface area contributed by atoms with Gasteiger partial charge in [0.2, 0.25) is 0 Å². The van der Waals surface area contributed by atoms with E-state index in [9.17, 15) is 23.4 Å². The van der Waals surface area contributed by atoms with Crippen molar-refractivity contribution in [3.63, 3.8) is 0 Å². The van der Waals surface area contributed by atoms with Crippen LogP contribution in [-0.2, 0) is 6.18 Å². The largest absolute Gasteiger partial charge is 0.507 e. The predicted octanol–water partition coefficient (Wildman–Crippen LogP) is 4.62. The van der Waals surface area contributed by atoms with Gasteiger partial charge in [0.1, 0.15) is 11.4 Å². The Hall–Kier alpha value is -2.06. The van der Waals surface area contributed by atoms with Gasteiger partial charge in [0, 0.05) is 0 Å². The van der Waals surface area contributed by atoms with Crippen LogP contribution in [0.3, 0.4) is 0 Å². The summed E-state index contributed by atoms with van der Waals surface area (Å²) in [6, 6.07) is 3.10. The Balaban J connectivity index is 0.00000280. The van der Waals surface area contributed by atoms with Gasteiger partial charge in [-0.15, -0.1) is 22.6 Å². The van der Waals surface area contributed by atoms with Crippen molar-refractivity contribution in [1.29, 1.82) is 0 Å². The average molecular weight is 418 g/mol. The van der Waals surface area contributed by atoms with E-state index in [1.807, 2.05) is 0 Å². The molecule has 9 heteroatoms. The summed E-state index contributed by atoms with van der Waals surface area (Å²) in [5.74, 6) is -0.0591. The van der Waals surface area contributed by atoms with Crippen molar-refractivity contribution in [3.8, 4) is 17.0 Å². The molecule has 3 N–H and O–H groups in total. The Bertz CT molecular complexity index is 846. The molecule has 0 unspecified atom stereocenters. The van der Waals surface area contributed by atoms with Crippen molar-refractivity contribution in [1.82, 2.24) is 10.2 Å². The molecular weight excluding hydrogens is 395 g/mol. The maximum atomic E-state index is 13.4. The van der Waals surface area contributed by atoms with Gasteiger partial charge in [0.15, 0.2) is 5.82 Å². The van der Waals surface area contributed by atoms with Crippen molar-refractivity contribution >= 4 is 18.2 Å².